The van der Waals surface area contributed by atoms with Crippen LogP contribution in [-0.2, 0) is 0 Å². The van der Waals surface area contributed by atoms with Crippen molar-refractivity contribution in [3.05, 3.63) is 29.8 Å². The molecule has 0 radical (unpaired) electrons. The Morgan fingerprint density at radius 3 is 2.44 bits per heavy atom. The number of carbonyl (C=O) groups excluding carboxylic acids is 1. The van der Waals surface area contributed by atoms with E-state index in [9.17, 15) is 4.79 Å². The summed E-state index contributed by atoms with van der Waals surface area (Å²) < 4.78 is 5.05. The quantitative estimate of drug-likeness (QED) is 0.834. The zero-order chi connectivity index (χ0) is 13.5. The summed E-state index contributed by atoms with van der Waals surface area (Å²) >= 11 is 0. The average molecular weight is 250 g/mol. The number of nitrogens with zero attached hydrogens (tertiary/aromatic N) is 1. The molecule has 18 heavy (non-hydrogen) atoms. The molecule has 0 fully saturated rings. The molecule has 1 aromatic rings. The number of carbonyl (C=O) groups is 1. The maximum Gasteiger partial charge on any atom is 0.251 e. The molecule has 1 amide bonds. The number of rotatable bonds is 6. The van der Waals surface area contributed by atoms with Crippen LogP contribution in [0.2, 0.25) is 0 Å². The maximum absolute atomic E-state index is 11.9. The molecular weight excluding hydrogens is 228 g/mol. The van der Waals surface area contributed by atoms with Crippen LogP contribution in [0, 0.1) is 5.92 Å². The van der Waals surface area contributed by atoms with Gasteiger partial charge in [-0.15, -0.1) is 0 Å². The molecule has 1 N–H and O–H groups in total. The van der Waals surface area contributed by atoms with E-state index in [0.29, 0.717) is 18.0 Å². The summed E-state index contributed by atoms with van der Waals surface area (Å²) in [6, 6.07) is 7.12. The number of hydrogen-bond donors (Lipinski definition) is 1. The van der Waals surface area contributed by atoms with Crippen molar-refractivity contribution in [3.8, 4) is 5.75 Å². The van der Waals surface area contributed by atoms with E-state index in [2.05, 4.69) is 17.1 Å². The van der Waals surface area contributed by atoms with Crippen LogP contribution in [0.5, 0.6) is 5.75 Å². The Morgan fingerprint density at radius 2 is 1.94 bits per heavy atom. The lowest BCUT2D eigenvalue weighted by Gasteiger charge is -2.17. The lowest BCUT2D eigenvalue weighted by Crippen LogP contribution is -2.32. The van der Waals surface area contributed by atoms with Crippen molar-refractivity contribution in [1.29, 1.82) is 0 Å². The predicted molar refractivity (Wildman–Crippen MR) is 73.0 cm³/mol. The topological polar surface area (TPSA) is 41.6 Å². The van der Waals surface area contributed by atoms with Gasteiger partial charge >= 0.3 is 0 Å². The zero-order valence-electron chi connectivity index (χ0n) is 11.6. The first kappa shape index (κ1) is 14.5. The SMILES string of the molecule is COc1ccc(C(=O)NC[C@H](C)CN(C)C)cc1. The van der Waals surface area contributed by atoms with Gasteiger partial charge in [-0.05, 0) is 44.3 Å². The van der Waals surface area contributed by atoms with Crippen molar-refractivity contribution in [2.24, 2.45) is 5.92 Å². The van der Waals surface area contributed by atoms with Crippen LogP contribution in [-0.4, -0.2) is 45.1 Å². The fourth-order valence-electron chi connectivity index (χ4n) is 1.80. The predicted octanol–water partition coefficient (Wildman–Crippen LogP) is 1.62. The fraction of sp³-hybridized carbons (Fsp3) is 0.500. The van der Waals surface area contributed by atoms with E-state index in [0.717, 1.165) is 12.3 Å². The van der Waals surface area contributed by atoms with E-state index in [4.69, 9.17) is 4.74 Å². The van der Waals surface area contributed by atoms with Crippen molar-refractivity contribution in [3.63, 3.8) is 0 Å². The van der Waals surface area contributed by atoms with Gasteiger partial charge in [0, 0.05) is 18.7 Å². The molecule has 1 aromatic carbocycles. The van der Waals surface area contributed by atoms with Gasteiger partial charge in [-0.3, -0.25) is 4.79 Å². The molecule has 0 heterocycles. The van der Waals surface area contributed by atoms with Gasteiger partial charge in [-0.1, -0.05) is 6.92 Å². The second-order valence-corrected chi connectivity index (χ2v) is 4.81. The highest BCUT2D eigenvalue weighted by Crippen LogP contribution is 2.11. The Labute approximate surface area is 109 Å². The van der Waals surface area contributed by atoms with Gasteiger partial charge in [0.1, 0.15) is 5.75 Å². The summed E-state index contributed by atoms with van der Waals surface area (Å²) in [4.78, 5) is 14.0. The molecule has 1 atom stereocenters. The molecule has 0 aliphatic heterocycles. The normalized spacial score (nSPS) is 12.3. The van der Waals surface area contributed by atoms with Crippen molar-refractivity contribution in [2.45, 2.75) is 6.92 Å². The van der Waals surface area contributed by atoms with Gasteiger partial charge in [0.05, 0.1) is 7.11 Å². The van der Waals surface area contributed by atoms with Crippen LogP contribution in [0.25, 0.3) is 0 Å². The summed E-state index contributed by atoms with van der Waals surface area (Å²) in [7, 11) is 5.67. The van der Waals surface area contributed by atoms with E-state index in [1.54, 1.807) is 31.4 Å². The third kappa shape index (κ3) is 4.75. The number of nitrogens with one attached hydrogen (secondary N) is 1. The fourth-order valence-corrected chi connectivity index (χ4v) is 1.80. The minimum Gasteiger partial charge on any atom is -0.497 e. The highest BCUT2D eigenvalue weighted by atomic mass is 16.5. The molecule has 0 bridgehead atoms. The van der Waals surface area contributed by atoms with Crippen molar-refractivity contribution >= 4 is 5.91 Å². The Hall–Kier alpha value is -1.55. The van der Waals surface area contributed by atoms with Crippen molar-refractivity contribution in [2.75, 3.05) is 34.3 Å². The molecule has 0 spiro atoms. The van der Waals surface area contributed by atoms with Crippen LogP contribution in [0.4, 0.5) is 0 Å². The summed E-state index contributed by atoms with van der Waals surface area (Å²) in [5.41, 5.74) is 0.660. The summed E-state index contributed by atoms with van der Waals surface area (Å²) in [5.74, 6) is 1.15. The lowest BCUT2D eigenvalue weighted by molar-refractivity contribution is 0.0946. The highest BCUT2D eigenvalue weighted by molar-refractivity contribution is 5.94. The second kappa shape index (κ2) is 7.01. The molecule has 0 aliphatic carbocycles. The van der Waals surface area contributed by atoms with Gasteiger partial charge in [0.2, 0.25) is 0 Å². The minimum atomic E-state index is -0.0386. The van der Waals surface area contributed by atoms with Crippen LogP contribution >= 0.6 is 0 Å². The second-order valence-electron chi connectivity index (χ2n) is 4.81. The molecule has 0 unspecified atom stereocenters. The zero-order valence-corrected chi connectivity index (χ0v) is 11.6. The van der Waals surface area contributed by atoms with Gasteiger partial charge in [-0.2, -0.15) is 0 Å². The van der Waals surface area contributed by atoms with E-state index < -0.39 is 0 Å². The maximum atomic E-state index is 11.9. The average Bonchev–Trinajstić information content (AvgIpc) is 2.35. The Kier molecular flexibility index (Phi) is 5.65. The number of amides is 1. The van der Waals surface area contributed by atoms with Gasteiger partial charge in [0.15, 0.2) is 0 Å². The molecular formula is C14H22N2O2. The van der Waals surface area contributed by atoms with Gasteiger partial charge in [0.25, 0.3) is 5.91 Å². The molecule has 4 nitrogen and oxygen atoms in total. The molecule has 0 saturated carbocycles. The molecule has 4 heteroatoms. The van der Waals surface area contributed by atoms with Crippen LogP contribution < -0.4 is 10.1 Å². The number of ether oxygens (including phenoxy) is 1. The first-order chi connectivity index (χ1) is 8.52. The third-order valence-electron chi connectivity index (χ3n) is 2.64. The summed E-state index contributed by atoms with van der Waals surface area (Å²) in [5, 5.41) is 2.94. The first-order valence-corrected chi connectivity index (χ1v) is 6.10. The molecule has 0 saturated heterocycles. The smallest absolute Gasteiger partial charge is 0.251 e. The first-order valence-electron chi connectivity index (χ1n) is 6.10. The van der Waals surface area contributed by atoms with Gasteiger partial charge in [-0.25, -0.2) is 0 Å². The van der Waals surface area contributed by atoms with E-state index in [1.807, 2.05) is 14.1 Å². The molecule has 100 valence electrons. The Bertz CT molecular complexity index is 374. The minimum absolute atomic E-state index is 0.0386. The standard InChI is InChI=1S/C14H22N2O2/c1-11(10-16(2)3)9-15-14(17)12-5-7-13(18-4)8-6-12/h5-8,11H,9-10H2,1-4H3,(H,15,17)/t11-/m0/s1. The van der Waals surface area contributed by atoms with E-state index >= 15 is 0 Å². The summed E-state index contributed by atoms with van der Waals surface area (Å²) in [6.45, 7) is 3.76. The van der Waals surface area contributed by atoms with E-state index in [1.165, 1.54) is 0 Å². The molecule has 0 aliphatic rings. The van der Waals surface area contributed by atoms with Gasteiger partial charge < -0.3 is 15.0 Å². The van der Waals surface area contributed by atoms with Crippen molar-refractivity contribution in [1.82, 2.24) is 10.2 Å². The Morgan fingerprint density at radius 1 is 1.33 bits per heavy atom. The van der Waals surface area contributed by atoms with Crippen LogP contribution in [0.3, 0.4) is 0 Å². The third-order valence-corrected chi connectivity index (χ3v) is 2.64. The van der Waals surface area contributed by atoms with Crippen molar-refractivity contribution < 1.29 is 9.53 Å². The molecule has 0 aromatic heterocycles. The largest absolute Gasteiger partial charge is 0.497 e. The number of benzene rings is 1. The van der Waals surface area contributed by atoms with E-state index in [-0.39, 0.29) is 5.91 Å². The Balaban J connectivity index is 2.44. The highest BCUT2D eigenvalue weighted by Gasteiger charge is 2.08. The van der Waals surface area contributed by atoms with Crippen LogP contribution in [0.1, 0.15) is 17.3 Å². The lowest BCUT2D eigenvalue weighted by atomic mass is 10.1. The summed E-state index contributed by atoms with van der Waals surface area (Å²) in [6.07, 6.45) is 0. The monoisotopic (exact) mass is 250 g/mol. The number of hydrogen-bond acceptors (Lipinski definition) is 3. The van der Waals surface area contributed by atoms with Crippen LogP contribution in [0.15, 0.2) is 24.3 Å². The molecule has 1 rings (SSSR count). The number of methoxy groups -OCH3 is 1.